The molecule has 2 aromatic carbocycles. The van der Waals surface area contributed by atoms with Crippen molar-refractivity contribution < 1.29 is 4.74 Å². The summed E-state index contributed by atoms with van der Waals surface area (Å²) in [6.07, 6.45) is 0.895. The van der Waals surface area contributed by atoms with E-state index in [0.717, 1.165) is 65.5 Å². The Bertz CT molecular complexity index is 1200. The summed E-state index contributed by atoms with van der Waals surface area (Å²) in [5, 5.41) is 8.07. The molecule has 0 aliphatic carbocycles. The second kappa shape index (κ2) is 7.80. The van der Waals surface area contributed by atoms with E-state index in [-0.39, 0.29) is 0 Å². The molecule has 0 bridgehead atoms. The Hall–Kier alpha value is -3.38. The summed E-state index contributed by atoms with van der Waals surface area (Å²) in [5.74, 6) is 2.46. The normalized spacial score (nSPS) is 13.3. The van der Waals surface area contributed by atoms with E-state index in [2.05, 4.69) is 58.5 Å². The van der Waals surface area contributed by atoms with Crippen molar-refractivity contribution in [3.8, 4) is 11.7 Å². The third-order valence-electron chi connectivity index (χ3n) is 5.63. The molecule has 0 saturated carbocycles. The highest BCUT2D eigenvalue weighted by Gasteiger charge is 2.20. The minimum absolute atomic E-state index is 0.701. The van der Waals surface area contributed by atoms with Crippen molar-refractivity contribution in [2.45, 2.75) is 26.4 Å². The lowest BCUT2D eigenvalue weighted by Crippen LogP contribution is -2.27. The number of aryl methyl sites for hydroxylation is 1. The maximum Gasteiger partial charge on any atom is 0.236 e. The van der Waals surface area contributed by atoms with Gasteiger partial charge in [-0.15, -0.1) is 0 Å². The van der Waals surface area contributed by atoms with Crippen molar-refractivity contribution in [3.63, 3.8) is 0 Å². The van der Waals surface area contributed by atoms with Crippen LogP contribution in [0.1, 0.15) is 22.5 Å². The largest absolute Gasteiger partial charge is 0.496 e. The number of hydrogen-bond donors (Lipinski definition) is 2. The fourth-order valence-electron chi connectivity index (χ4n) is 4.14. The lowest BCUT2D eigenvalue weighted by Gasteiger charge is -2.21. The Morgan fingerprint density at radius 3 is 2.80 bits per heavy atom. The Balaban J connectivity index is 1.61. The van der Waals surface area contributed by atoms with Crippen LogP contribution in [-0.4, -0.2) is 28.2 Å². The summed E-state index contributed by atoms with van der Waals surface area (Å²) in [4.78, 5) is 9.94. The molecule has 5 rings (SSSR count). The van der Waals surface area contributed by atoms with Crippen LogP contribution in [0.4, 0.5) is 5.82 Å². The van der Waals surface area contributed by atoms with E-state index < -0.39 is 0 Å². The Morgan fingerprint density at radius 2 is 1.97 bits per heavy atom. The molecule has 0 fully saturated rings. The van der Waals surface area contributed by atoms with Crippen molar-refractivity contribution >= 4 is 16.7 Å². The van der Waals surface area contributed by atoms with Crippen LogP contribution in [0.15, 0.2) is 54.6 Å². The lowest BCUT2D eigenvalue weighted by molar-refractivity contribution is 0.420. The van der Waals surface area contributed by atoms with E-state index in [0.29, 0.717) is 5.95 Å². The van der Waals surface area contributed by atoms with Gasteiger partial charge in [-0.3, -0.25) is 4.57 Å². The van der Waals surface area contributed by atoms with Gasteiger partial charge >= 0.3 is 0 Å². The molecule has 1 aliphatic heterocycles. The summed E-state index contributed by atoms with van der Waals surface area (Å²) >= 11 is 0. The first-order chi connectivity index (χ1) is 14.7. The number of methoxy groups -OCH3 is 1. The zero-order valence-electron chi connectivity index (χ0n) is 17.3. The van der Waals surface area contributed by atoms with Gasteiger partial charge in [-0.05, 0) is 30.7 Å². The molecule has 3 heterocycles. The predicted molar refractivity (Wildman–Crippen MR) is 119 cm³/mol. The molecule has 0 atom stereocenters. The van der Waals surface area contributed by atoms with Gasteiger partial charge in [-0.2, -0.15) is 4.98 Å². The van der Waals surface area contributed by atoms with Gasteiger partial charge in [-0.25, -0.2) is 4.98 Å². The minimum atomic E-state index is 0.701. The minimum Gasteiger partial charge on any atom is -0.496 e. The molecule has 0 amide bonds. The van der Waals surface area contributed by atoms with Crippen LogP contribution in [0, 0.1) is 6.92 Å². The molecule has 30 heavy (non-hydrogen) atoms. The topological polar surface area (TPSA) is 64.0 Å². The summed E-state index contributed by atoms with van der Waals surface area (Å²) in [6, 6.07) is 18.6. The number of benzene rings is 2. The Labute approximate surface area is 175 Å². The van der Waals surface area contributed by atoms with Gasteiger partial charge in [0.1, 0.15) is 11.6 Å². The second-order valence-corrected chi connectivity index (χ2v) is 7.58. The van der Waals surface area contributed by atoms with Crippen LogP contribution in [0.25, 0.3) is 16.9 Å². The van der Waals surface area contributed by atoms with Gasteiger partial charge in [0.2, 0.25) is 5.95 Å². The Kier molecular flexibility index (Phi) is 4.85. The zero-order valence-corrected chi connectivity index (χ0v) is 17.3. The predicted octanol–water partition coefficient (Wildman–Crippen LogP) is 4.00. The van der Waals surface area contributed by atoms with Gasteiger partial charge in [0.25, 0.3) is 0 Å². The highest BCUT2D eigenvalue weighted by Crippen LogP contribution is 2.31. The van der Waals surface area contributed by atoms with Crippen molar-refractivity contribution in [1.29, 1.82) is 0 Å². The quantitative estimate of drug-likeness (QED) is 0.531. The molecule has 152 valence electrons. The fourth-order valence-corrected chi connectivity index (χ4v) is 4.14. The molecular weight excluding hydrogens is 374 g/mol. The van der Waals surface area contributed by atoms with Gasteiger partial charge in [0.05, 0.1) is 18.3 Å². The summed E-state index contributed by atoms with van der Waals surface area (Å²) in [5.41, 5.74) is 5.63. The maximum atomic E-state index is 5.56. The van der Waals surface area contributed by atoms with Crippen LogP contribution in [0.2, 0.25) is 0 Å². The third-order valence-corrected chi connectivity index (χ3v) is 5.63. The fraction of sp³-hybridized carbons (Fsp3) is 0.250. The molecule has 0 saturated heterocycles. The molecule has 2 N–H and O–H groups in total. The summed E-state index contributed by atoms with van der Waals surface area (Å²) in [6.45, 7) is 4.52. The molecule has 0 unspecified atom stereocenters. The summed E-state index contributed by atoms with van der Waals surface area (Å²) in [7, 11) is 1.70. The molecule has 6 heteroatoms. The molecule has 0 spiro atoms. The van der Waals surface area contributed by atoms with E-state index in [9.17, 15) is 0 Å². The molecule has 2 aromatic heterocycles. The smallest absolute Gasteiger partial charge is 0.236 e. The van der Waals surface area contributed by atoms with Crippen LogP contribution in [0.3, 0.4) is 0 Å². The van der Waals surface area contributed by atoms with Crippen molar-refractivity contribution in [1.82, 2.24) is 19.9 Å². The van der Waals surface area contributed by atoms with Crippen LogP contribution < -0.4 is 15.4 Å². The van der Waals surface area contributed by atoms with Gasteiger partial charge in [0.15, 0.2) is 0 Å². The van der Waals surface area contributed by atoms with Gasteiger partial charge in [-0.1, -0.05) is 36.4 Å². The van der Waals surface area contributed by atoms with Crippen molar-refractivity contribution in [3.05, 3.63) is 77.1 Å². The molecule has 6 nitrogen and oxygen atoms in total. The average Bonchev–Trinajstić information content (AvgIpc) is 3.13. The number of anilines is 1. The van der Waals surface area contributed by atoms with E-state index in [4.69, 9.17) is 14.7 Å². The second-order valence-electron chi connectivity index (χ2n) is 7.58. The van der Waals surface area contributed by atoms with E-state index >= 15 is 0 Å². The lowest BCUT2D eigenvalue weighted by atomic mass is 10.1. The van der Waals surface area contributed by atoms with E-state index in [1.807, 2.05) is 18.2 Å². The SMILES string of the molecule is COc1cccc2c1cc(C)n2-c1nc2c(c(NCc3ccccc3)n1)CNCC2. The van der Waals surface area contributed by atoms with Gasteiger partial charge in [0, 0.05) is 42.7 Å². The standard InChI is InChI=1S/C24H25N5O/c1-16-13-18-21(9-6-10-22(18)30-2)29(16)24-27-20-11-12-25-15-19(20)23(28-24)26-14-17-7-4-3-5-8-17/h3-10,13,25H,11-12,14-15H2,1-2H3,(H,26,27,28). The number of nitrogens with zero attached hydrogens (tertiary/aromatic N) is 3. The van der Waals surface area contributed by atoms with Crippen LogP contribution in [-0.2, 0) is 19.5 Å². The molecule has 0 radical (unpaired) electrons. The van der Waals surface area contributed by atoms with Crippen molar-refractivity contribution in [2.24, 2.45) is 0 Å². The number of hydrogen-bond acceptors (Lipinski definition) is 5. The number of nitrogens with one attached hydrogen (secondary N) is 2. The molecule has 4 aromatic rings. The number of fused-ring (bicyclic) bond motifs is 2. The monoisotopic (exact) mass is 399 g/mol. The third kappa shape index (κ3) is 3.29. The zero-order chi connectivity index (χ0) is 20.5. The number of rotatable bonds is 5. The first kappa shape index (κ1) is 18.6. The van der Waals surface area contributed by atoms with E-state index in [1.165, 1.54) is 5.56 Å². The van der Waals surface area contributed by atoms with E-state index in [1.54, 1.807) is 7.11 Å². The Morgan fingerprint density at radius 1 is 1.10 bits per heavy atom. The maximum absolute atomic E-state index is 5.56. The number of aromatic nitrogens is 3. The summed E-state index contributed by atoms with van der Waals surface area (Å²) < 4.78 is 7.68. The first-order valence-electron chi connectivity index (χ1n) is 10.3. The molecular formula is C24H25N5O. The van der Waals surface area contributed by atoms with Crippen LogP contribution in [0.5, 0.6) is 5.75 Å². The molecule has 1 aliphatic rings. The first-order valence-corrected chi connectivity index (χ1v) is 10.3. The van der Waals surface area contributed by atoms with Crippen LogP contribution >= 0.6 is 0 Å². The highest BCUT2D eigenvalue weighted by atomic mass is 16.5. The average molecular weight is 399 g/mol. The highest BCUT2D eigenvalue weighted by molar-refractivity contribution is 5.88. The van der Waals surface area contributed by atoms with Gasteiger partial charge < -0.3 is 15.4 Å². The van der Waals surface area contributed by atoms with Crippen molar-refractivity contribution in [2.75, 3.05) is 19.0 Å². The number of ether oxygens (including phenoxy) is 1.